The molecule has 1 aromatic carbocycles. The van der Waals surface area contributed by atoms with Crippen molar-refractivity contribution in [2.45, 2.75) is 23.7 Å². The topological polar surface area (TPSA) is 93.2 Å². The summed E-state index contributed by atoms with van der Waals surface area (Å²) < 4.78 is 5.89. The van der Waals surface area contributed by atoms with Gasteiger partial charge in [-0.3, -0.25) is 9.59 Å². The number of nitrogens with zero attached hydrogens (tertiary/aromatic N) is 2. The second-order valence-corrected chi connectivity index (χ2v) is 7.50. The van der Waals surface area contributed by atoms with Crippen LogP contribution in [0.5, 0.6) is 5.75 Å². The van der Waals surface area contributed by atoms with Crippen LogP contribution in [0.2, 0.25) is 0 Å². The predicted molar refractivity (Wildman–Crippen MR) is 104 cm³/mol. The zero-order chi connectivity index (χ0) is 18.9. The van der Waals surface area contributed by atoms with Gasteiger partial charge < -0.3 is 15.4 Å². The predicted octanol–water partition coefficient (Wildman–Crippen LogP) is 3.03. The van der Waals surface area contributed by atoms with E-state index in [0.29, 0.717) is 10.9 Å². The molecule has 7 nitrogen and oxygen atoms in total. The van der Waals surface area contributed by atoms with Crippen LogP contribution in [0, 0.1) is 0 Å². The molecule has 2 rings (SSSR count). The Morgan fingerprint density at radius 3 is 2.69 bits per heavy atom. The van der Waals surface area contributed by atoms with Crippen LogP contribution in [0.4, 0.5) is 5.13 Å². The number of carbonyl (C=O) groups excluding carboxylic acids is 2. The molecule has 0 radical (unpaired) electrons. The number of rotatable bonds is 9. The van der Waals surface area contributed by atoms with Crippen LogP contribution in [0.25, 0.3) is 0 Å². The molecule has 0 aliphatic rings. The van der Waals surface area contributed by atoms with Gasteiger partial charge >= 0.3 is 0 Å². The van der Waals surface area contributed by atoms with E-state index in [9.17, 15) is 9.59 Å². The fourth-order valence-electron chi connectivity index (χ4n) is 2.14. The van der Waals surface area contributed by atoms with Gasteiger partial charge in [-0.05, 0) is 17.7 Å². The van der Waals surface area contributed by atoms with Gasteiger partial charge in [0.15, 0.2) is 4.34 Å². The van der Waals surface area contributed by atoms with E-state index in [1.807, 2.05) is 12.1 Å². The first-order valence-corrected chi connectivity index (χ1v) is 9.60. The summed E-state index contributed by atoms with van der Waals surface area (Å²) in [5.74, 6) is 0.969. The molecule has 1 atom stereocenters. The summed E-state index contributed by atoms with van der Waals surface area (Å²) in [5.41, 5.74) is 0.815. The second-order valence-electron chi connectivity index (χ2n) is 5.25. The summed E-state index contributed by atoms with van der Waals surface area (Å²) in [7, 11) is 1.58. The molecule has 9 heteroatoms. The molecule has 0 aliphatic carbocycles. The van der Waals surface area contributed by atoms with Gasteiger partial charge in [-0.25, -0.2) is 0 Å². The maximum Gasteiger partial charge on any atom is 0.228 e. The summed E-state index contributed by atoms with van der Waals surface area (Å²) in [5, 5.41) is 13.9. The fraction of sp³-hybridized carbons (Fsp3) is 0.294. The Balaban J connectivity index is 2.02. The number of thioether (sulfide) groups is 1. The van der Waals surface area contributed by atoms with Gasteiger partial charge in [0, 0.05) is 12.7 Å². The molecule has 0 bridgehead atoms. The molecule has 2 amide bonds. The molecule has 0 fully saturated rings. The summed E-state index contributed by atoms with van der Waals surface area (Å²) in [6.45, 7) is 5.07. The van der Waals surface area contributed by atoms with Gasteiger partial charge in [0.25, 0.3) is 0 Å². The van der Waals surface area contributed by atoms with Crippen LogP contribution in [0.15, 0.2) is 41.3 Å². The van der Waals surface area contributed by atoms with Crippen LogP contribution in [0.3, 0.4) is 0 Å². The number of amides is 2. The minimum absolute atomic E-state index is 0.0840. The lowest BCUT2D eigenvalue weighted by molar-refractivity contribution is -0.120. The van der Waals surface area contributed by atoms with Gasteiger partial charge in [-0.1, -0.05) is 41.3 Å². The first-order chi connectivity index (χ1) is 12.5. The van der Waals surface area contributed by atoms with Crippen molar-refractivity contribution in [2.24, 2.45) is 0 Å². The number of hydrogen-bond acceptors (Lipinski definition) is 7. The summed E-state index contributed by atoms with van der Waals surface area (Å²) in [4.78, 5) is 23.8. The summed E-state index contributed by atoms with van der Waals surface area (Å²) >= 11 is 2.80. The third-order valence-electron chi connectivity index (χ3n) is 3.26. The first kappa shape index (κ1) is 19.9. The highest BCUT2D eigenvalue weighted by Crippen LogP contribution is 2.26. The smallest absolute Gasteiger partial charge is 0.228 e. The SMILES string of the molecule is C=CCSc1nnc(NC(=O)CC(NC(C)=O)c2ccc(OC)cc2)s1. The normalized spacial score (nSPS) is 11.5. The standard InChI is InChI=1S/C17H20N4O3S2/c1-4-9-25-17-21-20-16(26-17)19-15(23)10-14(18-11(2)22)12-5-7-13(24-3)8-6-12/h4-8,14H,1,9-10H2,2-3H3,(H,18,22)(H,19,20,23). The van der Waals surface area contributed by atoms with Crippen molar-refractivity contribution in [3.05, 3.63) is 42.5 Å². The van der Waals surface area contributed by atoms with E-state index in [1.165, 1.54) is 30.0 Å². The molecule has 138 valence electrons. The van der Waals surface area contributed by atoms with Gasteiger partial charge in [0.1, 0.15) is 5.75 Å². The lowest BCUT2D eigenvalue weighted by Gasteiger charge is -2.18. The fourth-order valence-corrected chi connectivity index (χ4v) is 3.67. The quantitative estimate of drug-likeness (QED) is 0.387. The minimum atomic E-state index is -0.444. The van der Waals surface area contributed by atoms with Crippen molar-refractivity contribution in [3.63, 3.8) is 0 Å². The Hall–Kier alpha value is -2.39. The summed E-state index contributed by atoms with van der Waals surface area (Å²) in [6.07, 6.45) is 1.86. The Bertz CT molecular complexity index is 762. The molecule has 0 spiro atoms. The zero-order valence-corrected chi connectivity index (χ0v) is 16.2. The van der Waals surface area contributed by atoms with Crippen molar-refractivity contribution in [2.75, 3.05) is 18.2 Å². The van der Waals surface area contributed by atoms with E-state index in [0.717, 1.165) is 15.7 Å². The molecule has 2 N–H and O–H groups in total. The second kappa shape index (κ2) is 9.93. The molecule has 0 saturated heterocycles. The molecular weight excluding hydrogens is 372 g/mol. The maximum atomic E-state index is 12.4. The van der Waals surface area contributed by atoms with Crippen LogP contribution in [0.1, 0.15) is 24.9 Å². The van der Waals surface area contributed by atoms with E-state index >= 15 is 0 Å². The van der Waals surface area contributed by atoms with Crippen molar-refractivity contribution < 1.29 is 14.3 Å². The molecule has 1 unspecified atom stereocenters. The maximum absolute atomic E-state index is 12.4. The van der Waals surface area contributed by atoms with Gasteiger partial charge in [0.05, 0.1) is 19.6 Å². The van der Waals surface area contributed by atoms with Crippen LogP contribution in [-0.2, 0) is 9.59 Å². The number of hydrogen-bond donors (Lipinski definition) is 2. The molecule has 1 aromatic heterocycles. The Labute approximate surface area is 160 Å². The molecule has 0 aliphatic heterocycles. The number of carbonyl (C=O) groups is 2. The number of anilines is 1. The number of benzene rings is 1. The Morgan fingerprint density at radius 1 is 1.35 bits per heavy atom. The first-order valence-electron chi connectivity index (χ1n) is 7.80. The zero-order valence-electron chi connectivity index (χ0n) is 14.5. The highest BCUT2D eigenvalue weighted by atomic mass is 32.2. The Kier molecular flexibility index (Phi) is 7.61. The molecule has 26 heavy (non-hydrogen) atoms. The van der Waals surface area contributed by atoms with Crippen molar-refractivity contribution >= 4 is 40.0 Å². The van der Waals surface area contributed by atoms with Crippen molar-refractivity contribution in [3.8, 4) is 5.75 Å². The lowest BCUT2D eigenvalue weighted by Crippen LogP contribution is -2.29. The number of ether oxygens (including phenoxy) is 1. The minimum Gasteiger partial charge on any atom is -0.497 e. The largest absolute Gasteiger partial charge is 0.497 e. The lowest BCUT2D eigenvalue weighted by atomic mass is 10.0. The van der Waals surface area contributed by atoms with Gasteiger partial charge in [-0.15, -0.1) is 16.8 Å². The average molecular weight is 393 g/mol. The van der Waals surface area contributed by atoms with Crippen molar-refractivity contribution in [1.82, 2.24) is 15.5 Å². The van der Waals surface area contributed by atoms with E-state index in [4.69, 9.17) is 4.74 Å². The third-order valence-corrected chi connectivity index (χ3v) is 5.23. The van der Waals surface area contributed by atoms with E-state index < -0.39 is 6.04 Å². The Morgan fingerprint density at radius 2 is 2.08 bits per heavy atom. The van der Waals surface area contributed by atoms with Gasteiger partial charge in [-0.2, -0.15) is 0 Å². The highest BCUT2D eigenvalue weighted by Gasteiger charge is 2.18. The average Bonchev–Trinajstić information content (AvgIpc) is 3.06. The van der Waals surface area contributed by atoms with Crippen LogP contribution in [-0.4, -0.2) is 34.9 Å². The van der Waals surface area contributed by atoms with E-state index in [-0.39, 0.29) is 18.2 Å². The van der Waals surface area contributed by atoms with E-state index in [2.05, 4.69) is 27.4 Å². The van der Waals surface area contributed by atoms with Crippen LogP contribution >= 0.6 is 23.1 Å². The van der Waals surface area contributed by atoms with Gasteiger partial charge in [0.2, 0.25) is 16.9 Å². The number of methoxy groups -OCH3 is 1. The number of aromatic nitrogens is 2. The summed E-state index contributed by atoms with van der Waals surface area (Å²) in [6, 6.07) is 6.77. The molecule has 2 aromatic rings. The molecular formula is C17H20N4O3S2. The monoisotopic (exact) mass is 392 g/mol. The number of nitrogens with one attached hydrogen (secondary N) is 2. The molecule has 0 saturated carbocycles. The molecule has 1 heterocycles. The third kappa shape index (κ3) is 6.16. The van der Waals surface area contributed by atoms with E-state index in [1.54, 1.807) is 25.3 Å². The highest BCUT2D eigenvalue weighted by molar-refractivity contribution is 8.01. The van der Waals surface area contributed by atoms with Crippen LogP contribution < -0.4 is 15.4 Å². The van der Waals surface area contributed by atoms with Crippen molar-refractivity contribution in [1.29, 1.82) is 0 Å².